The minimum absolute atomic E-state index is 0.352. The van der Waals surface area contributed by atoms with Crippen molar-refractivity contribution < 1.29 is 9.26 Å². The van der Waals surface area contributed by atoms with Crippen LogP contribution in [0.1, 0.15) is 29.7 Å². The predicted molar refractivity (Wildman–Crippen MR) is 102 cm³/mol. The summed E-state index contributed by atoms with van der Waals surface area (Å²) in [7, 11) is 0. The number of hydrogen-bond donors (Lipinski definition) is 1. The van der Waals surface area contributed by atoms with Crippen LogP contribution in [-0.4, -0.2) is 39.9 Å². The zero-order chi connectivity index (χ0) is 18.6. The molecule has 1 fully saturated rings. The molecule has 0 aliphatic carbocycles. The van der Waals surface area contributed by atoms with Gasteiger partial charge in [0.15, 0.2) is 0 Å². The van der Waals surface area contributed by atoms with Crippen LogP contribution in [0, 0.1) is 6.92 Å². The van der Waals surface area contributed by atoms with E-state index in [0.717, 1.165) is 42.5 Å². The third kappa shape index (κ3) is 4.43. The number of nitrogens with one attached hydrogen (secondary N) is 1. The fraction of sp³-hybridized carbons (Fsp3) is 0.368. The Bertz CT molecular complexity index is 907. The van der Waals surface area contributed by atoms with Crippen molar-refractivity contribution in [1.29, 1.82) is 0 Å². The number of rotatable bonds is 6. The van der Waals surface area contributed by atoms with Crippen LogP contribution in [0.25, 0.3) is 11.4 Å². The van der Waals surface area contributed by atoms with Gasteiger partial charge in [0.25, 0.3) is 0 Å². The number of hydrogen-bond acceptors (Lipinski definition) is 7. The minimum Gasteiger partial charge on any atom is -0.381 e. The van der Waals surface area contributed by atoms with Gasteiger partial charge in [0.2, 0.25) is 11.7 Å². The van der Waals surface area contributed by atoms with E-state index < -0.39 is 0 Å². The Morgan fingerprint density at radius 2 is 2.04 bits per heavy atom. The molecule has 8 heteroatoms. The number of ether oxygens (including phenoxy) is 1. The van der Waals surface area contributed by atoms with E-state index in [9.17, 15) is 0 Å². The van der Waals surface area contributed by atoms with Gasteiger partial charge >= 0.3 is 0 Å². The number of anilines is 1. The molecule has 4 rings (SSSR count). The van der Waals surface area contributed by atoms with Gasteiger partial charge in [-0.25, -0.2) is 9.97 Å². The molecule has 0 radical (unpaired) electrons. The first-order valence-electron chi connectivity index (χ1n) is 8.93. The average Bonchev–Trinajstić information content (AvgIpc) is 3.34. The number of aryl methyl sites for hydroxylation is 1. The topological polar surface area (TPSA) is 86.0 Å². The van der Waals surface area contributed by atoms with Crippen LogP contribution in [0.4, 0.5) is 5.82 Å². The molecule has 0 spiro atoms. The van der Waals surface area contributed by atoms with Crippen LogP contribution in [0.2, 0.25) is 5.02 Å². The Labute approximate surface area is 162 Å². The molecule has 0 saturated carbocycles. The Morgan fingerprint density at radius 3 is 2.81 bits per heavy atom. The van der Waals surface area contributed by atoms with Crippen molar-refractivity contribution in [1.82, 2.24) is 20.1 Å². The monoisotopic (exact) mass is 385 g/mol. The van der Waals surface area contributed by atoms with Gasteiger partial charge in [-0.1, -0.05) is 16.8 Å². The van der Waals surface area contributed by atoms with E-state index in [4.69, 9.17) is 20.9 Å². The van der Waals surface area contributed by atoms with Gasteiger partial charge in [-0.05, 0) is 37.6 Å². The van der Waals surface area contributed by atoms with Gasteiger partial charge in [-0.15, -0.1) is 0 Å². The molecular weight excluding hydrogens is 366 g/mol. The van der Waals surface area contributed by atoms with Crippen molar-refractivity contribution in [2.75, 3.05) is 25.1 Å². The zero-order valence-electron chi connectivity index (χ0n) is 15.0. The summed E-state index contributed by atoms with van der Waals surface area (Å²) in [5, 5.41) is 8.02. The van der Waals surface area contributed by atoms with Crippen LogP contribution in [0.15, 0.2) is 34.9 Å². The Kier molecular flexibility index (Phi) is 5.31. The highest BCUT2D eigenvalue weighted by Gasteiger charge is 2.20. The summed E-state index contributed by atoms with van der Waals surface area (Å²) in [6.07, 6.45) is 1.61. The third-order valence-corrected chi connectivity index (χ3v) is 4.67. The molecule has 1 aliphatic rings. The van der Waals surface area contributed by atoms with Crippen LogP contribution < -0.4 is 5.32 Å². The second-order valence-electron chi connectivity index (χ2n) is 6.48. The molecule has 1 N–H and O–H groups in total. The molecular formula is C19H20ClN5O2. The molecule has 1 saturated heterocycles. The van der Waals surface area contributed by atoms with Crippen LogP contribution in [-0.2, 0) is 11.2 Å². The lowest BCUT2D eigenvalue weighted by Gasteiger charge is -2.11. The standard InChI is InChI=1S/C19H20ClN5O2/c1-12-22-16(14-7-9-26-11-14)10-17(23-12)21-8-6-18-24-19(25-27-18)13-2-4-15(20)5-3-13/h2-5,10,14H,6-9,11H2,1H3,(H,21,22,23)/t14-/m1/s1. The molecule has 0 unspecified atom stereocenters. The van der Waals surface area contributed by atoms with E-state index >= 15 is 0 Å². The maximum atomic E-state index is 5.90. The lowest BCUT2D eigenvalue weighted by atomic mass is 10.0. The number of halogens is 1. The fourth-order valence-corrected chi connectivity index (χ4v) is 3.15. The maximum Gasteiger partial charge on any atom is 0.228 e. The second kappa shape index (κ2) is 8.02. The fourth-order valence-electron chi connectivity index (χ4n) is 3.03. The summed E-state index contributed by atoms with van der Waals surface area (Å²) in [4.78, 5) is 13.4. The molecule has 1 aromatic carbocycles. The SMILES string of the molecule is Cc1nc(NCCc2nc(-c3ccc(Cl)cc3)no2)cc([C@@H]2CCOC2)n1. The van der Waals surface area contributed by atoms with Gasteiger partial charge in [0.1, 0.15) is 11.6 Å². The van der Waals surface area contributed by atoms with Crippen molar-refractivity contribution in [2.24, 2.45) is 0 Å². The summed E-state index contributed by atoms with van der Waals surface area (Å²) < 4.78 is 10.8. The predicted octanol–water partition coefficient (Wildman–Crippen LogP) is 3.65. The minimum atomic E-state index is 0.352. The highest BCUT2D eigenvalue weighted by atomic mass is 35.5. The smallest absolute Gasteiger partial charge is 0.228 e. The van der Waals surface area contributed by atoms with E-state index in [2.05, 4.69) is 25.4 Å². The molecule has 7 nitrogen and oxygen atoms in total. The molecule has 0 bridgehead atoms. The lowest BCUT2D eigenvalue weighted by Crippen LogP contribution is -2.10. The molecule has 3 aromatic rings. The van der Waals surface area contributed by atoms with E-state index in [0.29, 0.717) is 35.6 Å². The van der Waals surface area contributed by atoms with Crippen molar-refractivity contribution >= 4 is 17.4 Å². The van der Waals surface area contributed by atoms with Crippen molar-refractivity contribution in [3.63, 3.8) is 0 Å². The Hall–Kier alpha value is -2.51. The molecule has 3 heterocycles. The van der Waals surface area contributed by atoms with Gasteiger partial charge in [-0.3, -0.25) is 0 Å². The van der Waals surface area contributed by atoms with Crippen LogP contribution in [0.5, 0.6) is 0 Å². The molecule has 2 aromatic heterocycles. The molecule has 0 amide bonds. The average molecular weight is 386 g/mol. The Balaban J connectivity index is 1.36. The summed E-state index contributed by atoms with van der Waals surface area (Å²) in [5.74, 6) is 3.04. The van der Waals surface area contributed by atoms with Crippen molar-refractivity contribution in [3.05, 3.63) is 52.8 Å². The van der Waals surface area contributed by atoms with Gasteiger partial charge in [0.05, 0.1) is 12.3 Å². The molecule has 27 heavy (non-hydrogen) atoms. The quantitative estimate of drug-likeness (QED) is 0.693. The molecule has 1 atom stereocenters. The van der Waals surface area contributed by atoms with E-state index in [1.54, 1.807) is 12.1 Å². The first-order chi connectivity index (χ1) is 13.2. The van der Waals surface area contributed by atoms with Crippen LogP contribution >= 0.6 is 11.6 Å². The van der Waals surface area contributed by atoms with Gasteiger partial charge in [0, 0.05) is 42.1 Å². The first kappa shape index (κ1) is 17.9. The number of aromatic nitrogens is 4. The molecule has 1 aliphatic heterocycles. The van der Waals surface area contributed by atoms with Crippen molar-refractivity contribution in [2.45, 2.75) is 25.7 Å². The normalized spacial score (nSPS) is 16.6. The summed E-state index contributed by atoms with van der Waals surface area (Å²) in [6, 6.07) is 9.34. The largest absolute Gasteiger partial charge is 0.381 e. The zero-order valence-corrected chi connectivity index (χ0v) is 15.7. The number of benzene rings is 1. The summed E-state index contributed by atoms with van der Waals surface area (Å²) >= 11 is 5.90. The van der Waals surface area contributed by atoms with Gasteiger partial charge < -0.3 is 14.6 Å². The highest BCUT2D eigenvalue weighted by Crippen LogP contribution is 2.25. The van der Waals surface area contributed by atoms with E-state index in [1.165, 1.54) is 0 Å². The number of nitrogens with zero attached hydrogens (tertiary/aromatic N) is 4. The van der Waals surface area contributed by atoms with E-state index in [-0.39, 0.29) is 0 Å². The lowest BCUT2D eigenvalue weighted by molar-refractivity contribution is 0.193. The Morgan fingerprint density at radius 1 is 1.19 bits per heavy atom. The summed E-state index contributed by atoms with van der Waals surface area (Å²) in [5.41, 5.74) is 1.91. The summed E-state index contributed by atoms with van der Waals surface area (Å²) in [6.45, 7) is 4.06. The van der Waals surface area contributed by atoms with Crippen LogP contribution in [0.3, 0.4) is 0 Å². The van der Waals surface area contributed by atoms with E-state index in [1.807, 2.05) is 25.1 Å². The van der Waals surface area contributed by atoms with Gasteiger partial charge in [-0.2, -0.15) is 4.98 Å². The second-order valence-corrected chi connectivity index (χ2v) is 6.92. The molecule has 140 valence electrons. The third-order valence-electron chi connectivity index (χ3n) is 4.42. The first-order valence-corrected chi connectivity index (χ1v) is 9.31. The van der Waals surface area contributed by atoms with Crippen molar-refractivity contribution in [3.8, 4) is 11.4 Å². The highest BCUT2D eigenvalue weighted by molar-refractivity contribution is 6.30. The maximum absolute atomic E-state index is 5.90.